The zero-order valence-corrected chi connectivity index (χ0v) is 42.8. The van der Waals surface area contributed by atoms with Gasteiger partial charge in [0.05, 0.1) is 0 Å². The number of unbranched alkanes of at least 4 members (excludes halogenated alkanes) is 34. The van der Waals surface area contributed by atoms with E-state index in [0.717, 1.165) is 83.5 Å². The number of esters is 3. The maximum absolute atomic E-state index is 12.8. The van der Waals surface area contributed by atoms with Gasteiger partial charge in [-0.1, -0.05) is 237 Å². The van der Waals surface area contributed by atoms with E-state index in [0.29, 0.717) is 19.3 Å². The molecule has 0 bridgehead atoms. The molecule has 0 saturated carbocycles. The highest BCUT2D eigenvalue weighted by Crippen LogP contribution is 2.16. The minimum Gasteiger partial charge on any atom is -0.462 e. The van der Waals surface area contributed by atoms with Crippen molar-refractivity contribution < 1.29 is 28.6 Å². The van der Waals surface area contributed by atoms with Gasteiger partial charge in [0.15, 0.2) is 6.10 Å². The van der Waals surface area contributed by atoms with Gasteiger partial charge in [-0.3, -0.25) is 14.4 Å². The Labute approximate surface area is 397 Å². The van der Waals surface area contributed by atoms with Gasteiger partial charge in [-0.05, 0) is 77.0 Å². The van der Waals surface area contributed by atoms with Crippen molar-refractivity contribution in [3.63, 3.8) is 0 Å². The molecular formula is C58H106O6. The van der Waals surface area contributed by atoms with Gasteiger partial charge >= 0.3 is 17.9 Å². The minimum absolute atomic E-state index is 0.0752. The van der Waals surface area contributed by atoms with E-state index < -0.39 is 6.10 Å². The van der Waals surface area contributed by atoms with E-state index in [1.807, 2.05) is 0 Å². The van der Waals surface area contributed by atoms with Crippen molar-refractivity contribution in [3.8, 4) is 0 Å². The molecule has 0 aromatic rings. The van der Waals surface area contributed by atoms with Crippen LogP contribution in [0.4, 0.5) is 0 Å². The Balaban J connectivity index is 4.33. The van der Waals surface area contributed by atoms with E-state index in [-0.39, 0.29) is 31.1 Å². The lowest BCUT2D eigenvalue weighted by Crippen LogP contribution is -2.30. The molecule has 6 nitrogen and oxygen atoms in total. The van der Waals surface area contributed by atoms with E-state index in [1.165, 1.54) is 173 Å². The summed E-state index contributed by atoms with van der Waals surface area (Å²) >= 11 is 0. The number of allylic oxidation sites excluding steroid dienone is 6. The number of ether oxygens (including phenoxy) is 3. The average Bonchev–Trinajstić information content (AvgIpc) is 3.29. The molecule has 0 aliphatic heterocycles. The van der Waals surface area contributed by atoms with Crippen LogP contribution in [0.15, 0.2) is 36.5 Å². The van der Waals surface area contributed by atoms with Crippen LogP contribution in [0.3, 0.4) is 0 Å². The van der Waals surface area contributed by atoms with E-state index >= 15 is 0 Å². The number of carbonyl (C=O) groups is 3. The van der Waals surface area contributed by atoms with Gasteiger partial charge in [-0.2, -0.15) is 0 Å². The third-order valence-corrected chi connectivity index (χ3v) is 12.4. The molecule has 1 atom stereocenters. The summed E-state index contributed by atoms with van der Waals surface area (Å²) in [6.07, 6.45) is 62.7. The molecular weight excluding hydrogens is 793 g/mol. The number of hydrogen-bond acceptors (Lipinski definition) is 6. The highest BCUT2D eigenvalue weighted by Gasteiger charge is 2.19. The third kappa shape index (κ3) is 50.6. The Kier molecular flexibility index (Phi) is 51.3. The summed E-state index contributed by atoms with van der Waals surface area (Å²) in [7, 11) is 0. The molecule has 6 heteroatoms. The van der Waals surface area contributed by atoms with Crippen molar-refractivity contribution in [1.29, 1.82) is 0 Å². The highest BCUT2D eigenvalue weighted by atomic mass is 16.6. The molecule has 0 radical (unpaired) electrons. The molecule has 0 aromatic heterocycles. The first kappa shape index (κ1) is 61.6. The fourth-order valence-electron chi connectivity index (χ4n) is 8.12. The van der Waals surface area contributed by atoms with Gasteiger partial charge in [0, 0.05) is 19.3 Å². The first-order chi connectivity index (χ1) is 31.5. The summed E-state index contributed by atoms with van der Waals surface area (Å²) in [5, 5.41) is 0. The Morgan fingerprint density at radius 1 is 0.312 bits per heavy atom. The molecule has 0 heterocycles. The summed E-state index contributed by atoms with van der Waals surface area (Å²) in [4.78, 5) is 38.1. The minimum atomic E-state index is -0.776. The fraction of sp³-hybridized carbons (Fsp3) is 0.845. The summed E-state index contributed by atoms with van der Waals surface area (Å²) in [6, 6.07) is 0. The first-order valence-electron chi connectivity index (χ1n) is 28.0. The van der Waals surface area contributed by atoms with Gasteiger partial charge in [0.25, 0.3) is 0 Å². The largest absolute Gasteiger partial charge is 0.462 e. The molecule has 0 N–H and O–H groups in total. The molecule has 0 fully saturated rings. The van der Waals surface area contributed by atoms with Gasteiger partial charge in [-0.15, -0.1) is 0 Å². The van der Waals surface area contributed by atoms with Crippen molar-refractivity contribution in [2.24, 2.45) is 0 Å². The topological polar surface area (TPSA) is 78.9 Å². The van der Waals surface area contributed by atoms with Crippen LogP contribution in [0.5, 0.6) is 0 Å². The standard InChI is InChI=1S/C58H106O6/c1-4-7-10-13-16-19-22-25-27-28-29-30-32-33-36-39-42-45-48-51-57(60)63-54-55(53-62-56(59)50-47-44-41-38-35-24-21-18-15-12-9-6-3)64-58(61)52-49-46-43-40-37-34-31-26-23-20-17-14-11-8-5-2/h17,20,25-27,31,55H,4-16,18-19,21-24,28-30,32-54H2,1-3H3/b20-17-,27-25-,31-26-. The van der Waals surface area contributed by atoms with E-state index in [9.17, 15) is 14.4 Å². The van der Waals surface area contributed by atoms with Gasteiger partial charge < -0.3 is 14.2 Å². The zero-order valence-electron chi connectivity index (χ0n) is 42.8. The second-order valence-corrected chi connectivity index (χ2v) is 18.8. The molecule has 0 rings (SSSR count). The quantitative estimate of drug-likeness (QED) is 0.0262. The molecule has 0 saturated heterocycles. The Morgan fingerprint density at radius 2 is 0.562 bits per heavy atom. The van der Waals surface area contributed by atoms with Crippen LogP contribution in [0.1, 0.15) is 297 Å². The van der Waals surface area contributed by atoms with E-state index in [4.69, 9.17) is 14.2 Å². The van der Waals surface area contributed by atoms with Crippen LogP contribution >= 0.6 is 0 Å². The second kappa shape index (κ2) is 53.2. The predicted molar refractivity (Wildman–Crippen MR) is 275 cm³/mol. The maximum atomic E-state index is 12.8. The Hall–Kier alpha value is -2.37. The third-order valence-electron chi connectivity index (χ3n) is 12.4. The number of carbonyl (C=O) groups excluding carboxylic acids is 3. The fourth-order valence-corrected chi connectivity index (χ4v) is 8.12. The van der Waals surface area contributed by atoms with E-state index in [2.05, 4.69) is 57.2 Å². The molecule has 0 aliphatic rings. The van der Waals surface area contributed by atoms with Crippen molar-refractivity contribution in [1.82, 2.24) is 0 Å². The van der Waals surface area contributed by atoms with Crippen LogP contribution in [0, 0.1) is 0 Å². The van der Waals surface area contributed by atoms with Gasteiger partial charge in [0.2, 0.25) is 0 Å². The van der Waals surface area contributed by atoms with Crippen LogP contribution in [0.25, 0.3) is 0 Å². The van der Waals surface area contributed by atoms with Crippen LogP contribution < -0.4 is 0 Å². The predicted octanol–water partition coefficient (Wildman–Crippen LogP) is 18.5. The lowest BCUT2D eigenvalue weighted by atomic mass is 10.0. The maximum Gasteiger partial charge on any atom is 0.306 e. The summed E-state index contributed by atoms with van der Waals surface area (Å²) in [6.45, 7) is 6.62. The van der Waals surface area contributed by atoms with Crippen molar-refractivity contribution in [2.75, 3.05) is 13.2 Å². The van der Waals surface area contributed by atoms with Gasteiger partial charge in [0.1, 0.15) is 13.2 Å². The second-order valence-electron chi connectivity index (χ2n) is 18.8. The van der Waals surface area contributed by atoms with Crippen molar-refractivity contribution in [3.05, 3.63) is 36.5 Å². The molecule has 1 unspecified atom stereocenters. The number of hydrogen-bond donors (Lipinski definition) is 0. The number of rotatable bonds is 51. The lowest BCUT2D eigenvalue weighted by Gasteiger charge is -2.18. The van der Waals surface area contributed by atoms with Gasteiger partial charge in [-0.25, -0.2) is 0 Å². The normalized spacial score (nSPS) is 12.2. The Morgan fingerprint density at radius 3 is 0.906 bits per heavy atom. The highest BCUT2D eigenvalue weighted by molar-refractivity contribution is 5.71. The van der Waals surface area contributed by atoms with Crippen LogP contribution in [-0.2, 0) is 28.6 Å². The molecule has 0 aliphatic carbocycles. The monoisotopic (exact) mass is 899 g/mol. The summed E-state index contributed by atoms with van der Waals surface area (Å²) in [5.41, 5.74) is 0. The summed E-state index contributed by atoms with van der Waals surface area (Å²) < 4.78 is 16.8. The summed E-state index contributed by atoms with van der Waals surface area (Å²) in [5.74, 6) is -0.877. The van der Waals surface area contributed by atoms with Crippen LogP contribution in [0.2, 0.25) is 0 Å². The molecule has 0 aromatic carbocycles. The molecule has 0 amide bonds. The molecule has 64 heavy (non-hydrogen) atoms. The Bertz CT molecular complexity index is 1080. The van der Waals surface area contributed by atoms with Crippen molar-refractivity contribution >= 4 is 17.9 Å². The molecule has 0 spiro atoms. The van der Waals surface area contributed by atoms with Crippen LogP contribution in [-0.4, -0.2) is 37.2 Å². The molecule has 374 valence electrons. The SMILES string of the molecule is CCCCC/C=C\C/C=C\CCCCCCCC(=O)OC(COC(=O)CCCCCCCCCCC/C=C\CCCCCCCC)COC(=O)CCCCCCCCCCCCCC. The lowest BCUT2D eigenvalue weighted by molar-refractivity contribution is -0.167. The van der Waals surface area contributed by atoms with E-state index in [1.54, 1.807) is 0 Å². The van der Waals surface area contributed by atoms with Crippen molar-refractivity contribution in [2.45, 2.75) is 303 Å². The average molecular weight is 899 g/mol. The zero-order chi connectivity index (χ0) is 46.5. The smallest absolute Gasteiger partial charge is 0.306 e. The first-order valence-corrected chi connectivity index (χ1v) is 28.0.